The van der Waals surface area contributed by atoms with Crippen LogP contribution in [-0.4, -0.2) is 5.91 Å². The topological polar surface area (TPSA) is 29.1 Å². The van der Waals surface area contributed by atoms with Crippen molar-refractivity contribution in [1.29, 1.82) is 0 Å². The lowest BCUT2D eigenvalue weighted by molar-refractivity contribution is -0.116. The van der Waals surface area contributed by atoms with Gasteiger partial charge < -0.3 is 5.32 Å². The molecular formula is C16H12BrF2NO. The highest BCUT2D eigenvalue weighted by Gasteiger charge is 2.18. The van der Waals surface area contributed by atoms with Crippen LogP contribution in [-0.2, 0) is 11.2 Å². The van der Waals surface area contributed by atoms with Crippen molar-refractivity contribution in [3.8, 4) is 0 Å². The van der Waals surface area contributed by atoms with E-state index in [0.717, 1.165) is 22.9 Å². The van der Waals surface area contributed by atoms with Crippen molar-refractivity contribution in [2.24, 2.45) is 0 Å². The van der Waals surface area contributed by atoms with Gasteiger partial charge in [-0.1, -0.05) is 28.1 Å². The van der Waals surface area contributed by atoms with Crippen molar-refractivity contribution in [1.82, 2.24) is 0 Å². The highest BCUT2D eigenvalue weighted by Crippen LogP contribution is 2.34. The Kier molecular flexibility index (Phi) is 3.76. The zero-order valence-corrected chi connectivity index (χ0v) is 12.6. The molecule has 0 aromatic heterocycles. The van der Waals surface area contributed by atoms with Crippen molar-refractivity contribution in [2.75, 3.05) is 5.32 Å². The quantitative estimate of drug-likeness (QED) is 0.801. The lowest BCUT2D eigenvalue weighted by atomic mass is 9.97. The molecule has 0 spiro atoms. The van der Waals surface area contributed by atoms with Crippen LogP contribution >= 0.6 is 15.9 Å². The Labute approximate surface area is 129 Å². The van der Waals surface area contributed by atoms with Gasteiger partial charge in [0.25, 0.3) is 0 Å². The molecule has 2 nitrogen and oxygen atoms in total. The van der Waals surface area contributed by atoms with Gasteiger partial charge in [0.15, 0.2) is 0 Å². The number of benzene rings is 2. The number of hydrogen-bond acceptors (Lipinski definition) is 1. The van der Waals surface area contributed by atoms with Crippen LogP contribution in [0.3, 0.4) is 0 Å². The first kappa shape index (κ1) is 14.2. The van der Waals surface area contributed by atoms with Crippen LogP contribution in [0.15, 0.2) is 36.4 Å². The summed E-state index contributed by atoms with van der Waals surface area (Å²) >= 11 is 3.48. The van der Waals surface area contributed by atoms with Gasteiger partial charge in [0.2, 0.25) is 5.91 Å². The highest BCUT2D eigenvalue weighted by atomic mass is 79.9. The van der Waals surface area contributed by atoms with Crippen LogP contribution in [0.4, 0.5) is 14.5 Å². The lowest BCUT2D eigenvalue weighted by Gasteiger charge is -2.19. The maximum atomic E-state index is 13.3. The molecule has 0 fully saturated rings. The molecule has 0 saturated carbocycles. The molecule has 2 aromatic rings. The molecule has 0 radical (unpaired) electrons. The number of aryl methyl sites for hydroxylation is 1. The summed E-state index contributed by atoms with van der Waals surface area (Å²) in [6, 6.07) is 9.09. The molecule has 1 N–H and O–H groups in total. The molecule has 1 heterocycles. The summed E-state index contributed by atoms with van der Waals surface area (Å²) in [6.07, 6.45) is 1.13. The summed E-state index contributed by atoms with van der Waals surface area (Å²) in [4.78, 5) is 11.0. The van der Waals surface area contributed by atoms with Gasteiger partial charge in [-0.15, -0.1) is 0 Å². The summed E-state index contributed by atoms with van der Waals surface area (Å²) in [5, 5.41) is 2.81. The molecule has 1 unspecified atom stereocenters. The van der Waals surface area contributed by atoms with Gasteiger partial charge in [-0.3, -0.25) is 4.79 Å². The number of fused-ring (bicyclic) bond motifs is 1. The van der Waals surface area contributed by atoms with E-state index in [1.165, 1.54) is 12.1 Å². The molecule has 0 bridgehead atoms. The molecule has 3 rings (SSSR count). The van der Waals surface area contributed by atoms with Crippen LogP contribution in [0.2, 0.25) is 0 Å². The fourth-order valence-electron chi connectivity index (χ4n) is 2.47. The average molecular weight is 352 g/mol. The van der Waals surface area contributed by atoms with Crippen molar-refractivity contribution in [3.63, 3.8) is 0 Å². The van der Waals surface area contributed by atoms with E-state index in [1.807, 2.05) is 18.2 Å². The van der Waals surface area contributed by atoms with Crippen LogP contribution in [0.1, 0.15) is 27.9 Å². The first-order chi connectivity index (χ1) is 10.0. The van der Waals surface area contributed by atoms with E-state index in [-0.39, 0.29) is 10.7 Å². The third kappa shape index (κ3) is 2.97. The van der Waals surface area contributed by atoms with E-state index in [9.17, 15) is 13.6 Å². The Morgan fingerprint density at radius 1 is 1.00 bits per heavy atom. The van der Waals surface area contributed by atoms with Crippen LogP contribution < -0.4 is 5.32 Å². The van der Waals surface area contributed by atoms with E-state index in [1.54, 1.807) is 0 Å². The first-order valence-electron chi connectivity index (χ1n) is 6.55. The van der Waals surface area contributed by atoms with Crippen molar-refractivity contribution in [3.05, 3.63) is 64.7 Å². The molecule has 21 heavy (non-hydrogen) atoms. The Bertz CT molecular complexity index is 697. The lowest BCUT2D eigenvalue weighted by Crippen LogP contribution is -2.19. The van der Waals surface area contributed by atoms with Crippen LogP contribution in [0.5, 0.6) is 0 Å². The van der Waals surface area contributed by atoms with Gasteiger partial charge >= 0.3 is 0 Å². The van der Waals surface area contributed by atoms with Gasteiger partial charge in [0.05, 0.1) is 4.83 Å². The number of nitrogens with one attached hydrogen (secondary N) is 1. The highest BCUT2D eigenvalue weighted by molar-refractivity contribution is 9.09. The average Bonchev–Trinajstić information content (AvgIpc) is 2.45. The largest absolute Gasteiger partial charge is 0.326 e. The summed E-state index contributed by atoms with van der Waals surface area (Å²) in [7, 11) is 0. The number of hydrogen-bond donors (Lipinski definition) is 1. The number of rotatable bonds is 2. The zero-order valence-electron chi connectivity index (χ0n) is 11.0. The number of amides is 1. The molecular weight excluding hydrogens is 340 g/mol. The Morgan fingerprint density at radius 2 is 1.71 bits per heavy atom. The predicted octanol–water partition coefficient (Wildman–Crippen LogP) is 4.33. The minimum atomic E-state index is -0.598. The van der Waals surface area contributed by atoms with Crippen molar-refractivity contribution >= 4 is 27.5 Å². The fourth-order valence-corrected chi connectivity index (χ4v) is 3.02. The van der Waals surface area contributed by atoms with Gasteiger partial charge in [0, 0.05) is 18.2 Å². The van der Waals surface area contributed by atoms with Crippen LogP contribution in [0.25, 0.3) is 0 Å². The van der Waals surface area contributed by atoms with Gasteiger partial charge in [-0.2, -0.15) is 0 Å². The smallest absolute Gasteiger partial charge is 0.224 e. The first-order valence-corrected chi connectivity index (χ1v) is 7.47. The molecule has 0 aliphatic carbocycles. The van der Waals surface area contributed by atoms with E-state index < -0.39 is 11.6 Å². The molecule has 5 heteroatoms. The molecule has 1 aliphatic heterocycles. The molecule has 2 aromatic carbocycles. The third-order valence-corrected chi connectivity index (χ3v) is 4.55. The Hall–Kier alpha value is -1.75. The SMILES string of the molecule is O=C1CCc2cc(C(Br)c3cc(F)cc(F)c3)ccc2N1. The van der Waals surface area contributed by atoms with Gasteiger partial charge in [0.1, 0.15) is 11.6 Å². The molecule has 0 saturated heterocycles. The van der Waals surface area contributed by atoms with E-state index in [2.05, 4.69) is 21.2 Å². The van der Waals surface area contributed by atoms with E-state index in [4.69, 9.17) is 0 Å². The maximum absolute atomic E-state index is 13.3. The second-order valence-corrected chi connectivity index (χ2v) is 5.95. The van der Waals surface area contributed by atoms with Crippen molar-refractivity contribution < 1.29 is 13.6 Å². The predicted molar refractivity (Wildman–Crippen MR) is 80.5 cm³/mol. The second-order valence-electron chi connectivity index (χ2n) is 5.03. The van der Waals surface area contributed by atoms with Gasteiger partial charge in [-0.25, -0.2) is 8.78 Å². The summed E-state index contributed by atoms with van der Waals surface area (Å²) < 4.78 is 26.6. The third-order valence-electron chi connectivity index (χ3n) is 3.49. The number of carbonyl (C=O) groups is 1. The summed E-state index contributed by atoms with van der Waals surface area (Å²) in [6.45, 7) is 0. The van der Waals surface area contributed by atoms with Crippen LogP contribution in [0, 0.1) is 11.6 Å². The maximum Gasteiger partial charge on any atom is 0.224 e. The number of anilines is 1. The number of halogens is 3. The minimum Gasteiger partial charge on any atom is -0.326 e. The molecule has 1 atom stereocenters. The Balaban J connectivity index is 1.94. The second kappa shape index (κ2) is 5.56. The fraction of sp³-hybridized carbons (Fsp3) is 0.188. The monoisotopic (exact) mass is 351 g/mol. The summed E-state index contributed by atoms with van der Waals surface area (Å²) in [5.74, 6) is -1.18. The standard InChI is InChI=1S/C16H12BrF2NO/c17-16(11-6-12(18)8-13(19)7-11)10-1-3-14-9(5-10)2-4-15(21)20-14/h1,3,5-8,16H,2,4H2,(H,20,21). The zero-order chi connectivity index (χ0) is 15.0. The van der Waals surface area contributed by atoms with E-state index >= 15 is 0 Å². The minimum absolute atomic E-state index is 0.0119. The van der Waals surface area contributed by atoms with Gasteiger partial charge in [-0.05, 0) is 41.3 Å². The number of alkyl halides is 1. The van der Waals surface area contributed by atoms with E-state index in [0.29, 0.717) is 18.4 Å². The van der Waals surface area contributed by atoms with Crippen molar-refractivity contribution in [2.45, 2.75) is 17.7 Å². The number of carbonyl (C=O) groups excluding carboxylic acids is 1. The summed E-state index contributed by atoms with van der Waals surface area (Å²) in [5.41, 5.74) is 3.26. The normalized spacial score (nSPS) is 15.3. The Morgan fingerprint density at radius 3 is 2.43 bits per heavy atom. The molecule has 1 amide bonds. The molecule has 108 valence electrons. The molecule has 1 aliphatic rings.